The van der Waals surface area contributed by atoms with Gasteiger partial charge in [0.1, 0.15) is 6.04 Å². The number of benzene rings is 2. The SMILES string of the molecule is NC(N)=NCCC[C@H]1C(=O)N(CCc2ccc3ccccc3c2)C[C@H]2S[C@H](CCN=C(N)N)CC(=O)N21. The van der Waals surface area contributed by atoms with Crippen LogP contribution in [-0.4, -0.2) is 76.4 Å². The Hall–Kier alpha value is -3.47. The second-order valence-electron chi connectivity index (χ2n) is 9.49. The van der Waals surface area contributed by atoms with Crippen LogP contribution in [0.5, 0.6) is 0 Å². The Kier molecular flexibility index (Phi) is 8.75. The maximum Gasteiger partial charge on any atom is 0.245 e. The molecule has 2 aliphatic rings. The van der Waals surface area contributed by atoms with Crippen LogP contribution in [0.1, 0.15) is 31.2 Å². The molecule has 2 heterocycles. The van der Waals surface area contributed by atoms with Gasteiger partial charge in [-0.1, -0.05) is 42.5 Å². The van der Waals surface area contributed by atoms with Crippen molar-refractivity contribution < 1.29 is 9.59 Å². The molecule has 0 unspecified atom stereocenters. The molecule has 4 rings (SSSR count). The molecule has 2 fully saturated rings. The van der Waals surface area contributed by atoms with Gasteiger partial charge in [-0.25, -0.2) is 0 Å². The first-order chi connectivity index (χ1) is 17.8. The lowest BCUT2D eigenvalue weighted by molar-refractivity contribution is -0.153. The first-order valence-electron chi connectivity index (χ1n) is 12.7. The standard InChI is InChI=1S/C26H36N8O2S/c27-25(28)31-11-3-6-21-24(36)33(13-10-17-7-8-18-4-1-2-5-19(18)14-17)16-23-34(21)22(35)15-20(37-23)9-12-32-26(29)30/h1-2,4-5,7-8,14,20-21,23H,3,6,9-13,15-16H2,(H4,27,28,31)(H4,29,30,32)/t20-,21+,23-/m1/s1. The third-order valence-electron chi connectivity index (χ3n) is 6.82. The highest BCUT2D eigenvalue weighted by atomic mass is 32.2. The summed E-state index contributed by atoms with van der Waals surface area (Å²) >= 11 is 1.74. The molecule has 0 radical (unpaired) electrons. The van der Waals surface area contributed by atoms with Crippen molar-refractivity contribution in [2.75, 3.05) is 26.2 Å². The Bertz CT molecular complexity index is 1180. The largest absolute Gasteiger partial charge is 0.370 e. The lowest BCUT2D eigenvalue weighted by Gasteiger charge is -2.49. The first kappa shape index (κ1) is 26.6. The summed E-state index contributed by atoms with van der Waals surface area (Å²) in [5, 5.41) is 2.38. The van der Waals surface area contributed by atoms with E-state index in [0.29, 0.717) is 51.9 Å². The number of piperazine rings is 1. The van der Waals surface area contributed by atoms with Crippen molar-refractivity contribution in [1.82, 2.24) is 9.80 Å². The number of amides is 2. The number of thioether (sulfide) groups is 1. The van der Waals surface area contributed by atoms with Gasteiger partial charge in [-0.2, -0.15) is 0 Å². The third-order valence-corrected chi connectivity index (χ3v) is 8.30. The zero-order valence-electron chi connectivity index (χ0n) is 21.0. The Morgan fingerprint density at radius 1 is 0.946 bits per heavy atom. The lowest BCUT2D eigenvalue weighted by atomic mass is 10.0. The van der Waals surface area contributed by atoms with Crippen molar-refractivity contribution in [2.45, 2.75) is 48.8 Å². The van der Waals surface area contributed by atoms with Gasteiger partial charge in [0.05, 0.1) is 11.9 Å². The fraction of sp³-hybridized carbons (Fsp3) is 0.462. The maximum atomic E-state index is 13.6. The van der Waals surface area contributed by atoms with Gasteiger partial charge < -0.3 is 32.7 Å². The molecule has 0 spiro atoms. The van der Waals surface area contributed by atoms with Crippen molar-refractivity contribution in [2.24, 2.45) is 32.9 Å². The van der Waals surface area contributed by atoms with E-state index in [1.807, 2.05) is 17.0 Å². The zero-order valence-corrected chi connectivity index (χ0v) is 21.8. The molecule has 37 heavy (non-hydrogen) atoms. The molecule has 0 aliphatic carbocycles. The minimum atomic E-state index is -0.511. The minimum absolute atomic E-state index is 0.00496. The molecule has 2 amide bonds. The van der Waals surface area contributed by atoms with E-state index in [-0.39, 0.29) is 34.4 Å². The Morgan fingerprint density at radius 3 is 2.43 bits per heavy atom. The topological polar surface area (TPSA) is 169 Å². The van der Waals surface area contributed by atoms with Crippen molar-refractivity contribution >= 4 is 46.3 Å². The highest BCUT2D eigenvalue weighted by Crippen LogP contribution is 2.38. The van der Waals surface area contributed by atoms with Gasteiger partial charge in [0.2, 0.25) is 11.8 Å². The average Bonchev–Trinajstić information content (AvgIpc) is 2.86. The molecule has 8 N–H and O–H groups in total. The molecule has 10 nitrogen and oxygen atoms in total. The van der Waals surface area contributed by atoms with Gasteiger partial charge in [0.25, 0.3) is 0 Å². The fourth-order valence-electron chi connectivity index (χ4n) is 5.03. The normalized spacial score (nSPS) is 21.6. The van der Waals surface area contributed by atoms with Crippen molar-refractivity contribution in [3.63, 3.8) is 0 Å². The van der Waals surface area contributed by atoms with Crippen LogP contribution in [0.3, 0.4) is 0 Å². The predicted molar refractivity (Wildman–Crippen MR) is 150 cm³/mol. The highest BCUT2D eigenvalue weighted by molar-refractivity contribution is 8.00. The number of aliphatic imine (C=N–C) groups is 2. The van der Waals surface area contributed by atoms with Crippen LogP contribution in [0, 0.1) is 0 Å². The van der Waals surface area contributed by atoms with E-state index in [4.69, 9.17) is 22.9 Å². The molecule has 0 aromatic heterocycles. The summed E-state index contributed by atoms with van der Waals surface area (Å²) in [6.07, 6.45) is 2.96. The summed E-state index contributed by atoms with van der Waals surface area (Å²) in [4.78, 5) is 38.7. The van der Waals surface area contributed by atoms with Crippen LogP contribution in [0.25, 0.3) is 10.8 Å². The number of nitrogens with zero attached hydrogens (tertiary/aromatic N) is 4. The smallest absolute Gasteiger partial charge is 0.245 e. The fourth-order valence-corrected chi connectivity index (χ4v) is 6.62. The highest BCUT2D eigenvalue weighted by Gasteiger charge is 2.46. The second kappa shape index (κ2) is 12.2. The summed E-state index contributed by atoms with van der Waals surface area (Å²) in [7, 11) is 0. The minimum Gasteiger partial charge on any atom is -0.370 e. The molecular weight excluding hydrogens is 488 g/mol. The Morgan fingerprint density at radius 2 is 1.68 bits per heavy atom. The number of hydrogen-bond acceptors (Lipinski definition) is 5. The molecule has 0 saturated carbocycles. The number of hydrogen-bond donors (Lipinski definition) is 4. The molecule has 2 aromatic rings. The van der Waals surface area contributed by atoms with Crippen LogP contribution in [-0.2, 0) is 16.0 Å². The molecule has 2 aliphatic heterocycles. The lowest BCUT2D eigenvalue weighted by Crippen LogP contribution is -2.64. The van der Waals surface area contributed by atoms with E-state index < -0.39 is 6.04 Å². The molecule has 198 valence electrons. The number of nitrogens with two attached hydrogens (primary N) is 4. The van der Waals surface area contributed by atoms with Gasteiger partial charge in [-0.05, 0) is 42.0 Å². The van der Waals surface area contributed by atoms with E-state index in [0.717, 1.165) is 6.42 Å². The van der Waals surface area contributed by atoms with Gasteiger partial charge in [0, 0.05) is 31.3 Å². The van der Waals surface area contributed by atoms with Crippen molar-refractivity contribution in [3.05, 3.63) is 48.0 Å². The van der Waals surface area contributed by atoms with Gasteiger partial charge >= 0.3 is 0 Å². The molecule has 2 aromatic carbocycles. The summed E-state index contributed by atoms with van der Waals surface area (Å²) in [5.74, 6) is 0.0817. The van der Waals surface area contributed by atoms with E-state index in [2.05, 4.69) is 40.3 Å². The van der Waals surface area contributed by atoms with E-state index >= 15 is 0 Å². The number of fused-ring (bicyclic) bond motifs is 2. The molecular formula is C26H36N8O2S. The average molecular weight is 525 g/mol. The van der Waals surface area contributed by atoms with Crippen LogP contribution in [0.15, 0.2) is 52.4 Å². The predicted octanol–water partition coefficient (Wildman–Crippen LogP) is 0.970. The number of carbonyl (C=O) groups excluding carboxylic acids is 2. The molecule has 2 saturated heterocycles. The van der Waals surface area contributed by atoms with E-state index in [9.17, 15) is 9.59 Å². The third kappa shape index (κ3) is 6.85. The number of rotatable bonds is 10. The van der Waals surface area contributed by atoms with Gasteiger partial charge in [-0.15, -0.1) is 11.8 Å². The first-order valence-corrected chi connectivity index (χ1v) is 13.6. The monoisotopic (exact) mass is 524 g/mol. The van der Waals surface area contributed by atoms with Crippen LogP contribution in [0.4, 0.5) is 0 Å². The van der Waals surface area contributed by atoms with Crippen LogP contribution < -0.4 is 22.9 Å². The molecule has 3 atom stereocenters. The molecule has 11 heteroatoms. The van der Waals surface area contributed by atoms with Gasteiger partial charge in [-0.3, -0.25) is 19.6 Å². The Balaban J connectivity index is 1.47. The van der Waals surface area contributed by atoms with Crippen molar-refractivity contribution in [1.29, 1.82) is 0 Å². The Labute approximate surface area is 221 Å². The van der Waals surface area contributed by atoms with E-state index in [1.54, 1.807) is 16.7 Å². The summed E-state index contributed by atoms with van der Waals surface area (Å²) in [5.41, 5.74) is 23.0. The number of guanidine groups is 2. The quantitative estimate of drug-likeness (QED) is 0.204. The maximum absolute atomic E-state index is 13.6. The van der Waals surface area contributed by atoms with Crippen LogP contribution >= 0.6 is 11.8 Å². The summed E-state index contributed by atoms with van der Waals surface area (Å²) in [6, 6.07) is 14.2. The second-order valence-corrected chi connectivity index (χ2v) is 11.0. The van der Waals surface area contributed by atoms with E-state index in [1.165, 1.54) is 16.3 Å². The molecule has 0 bridgehead atoms. The summed E-state index contributed by atoms with van der Waals surface area (Å²) in [6.45, 7) is 2.00. The number of carbonyl (C=O) groups is 2. The van der Waals surface area contributed by atoms with Crippen LogP contribution in [0.2, 0.25) is 0 Å². The summed E-state index contributed by atoms with van der Waals surface area (Å²) < 4.78 is 0. The van der Waals surface area contributed by atoms with Crippen molar-refractivity contribution in [3.8, 4) is 0 Å². The zero-order chi connectivity index (χ0) is 26.4. The van der Waals surface area contributed by atoms with Gasteiger partial charge in [0.15, 0.2) is 11.9 Å².